The molecular formula is C10H12O4. The van der Waals surface area contributed by atoms with E-state index in [2.05, 4.69) is 0 Å². The van der Waals surface area contributed by atoms with Gasteiger partial charge >= 0.3 is 11.9 Å². The van der Waals surface area contributed by atoms with E-state index in [-0.39, 0.29) is 5.57 Å². The molecule has 0 aromatic carbocycles. The zero-order valence-electron chi connectivity index (χ0n) is 8.20. The zero-order valence-corrected chi connectivity index (χ0v) is 8.20. The number of carbonyl (C=O) groups is 2. The van der Waals surface area contributed by atoms with Gasteiger partial charge in [-0.1, -0.05) is 6.08 Å². The monoisotopic (exact) mass is 196 g/mol. The molecule has 2 fully saturated rings. The number of esters is 2. The van der Waals surface area contributed by atoms with Crippen molar-refractivity contribution in [3.05, 3.63) is 11.6 Å². The largest absolute Gasteiger partial charge is 0.419 e. The minimum Gasteiger partial charge on any atom is -0.419 e. The van der Waals surface area contributed by atoms with Crippen LogP contribution in [0.25, 0.3) is 0 Å². The quantitative estimate of drug-likeness (QED) is 0.359. The second-order valence-corrected chi connectivity index (χ2v) is 4.10. The second-order valence-electron chi connectivity index (χ2n) is 4.10. The Kier molecular flexibility index (Phi) is 1.87. The minimum atomic E-state index is -1.13. The van der Waals surface area contributed by atoms with Gasteiger partial charge in [0.2, 0.25) is 0 Å². The molecule has 1 aliphatic heterocycles. The van der Waals surface area contributed by atoms with Crippen LogP contribution in [-0.2, 0) is 19.1 Å². The van der Waals surface area contributed by atoms with Crippen LogP contribution in [0.5, 0.6) is 0 Å². The highest BCUT2D eigenvalue weighted by Gasteiger charge is 2.39. The summed E-state index contributed by atoms with van der Waals surface area (Å²) in [5.41, 5.74) is 0.0480. The summed E-state index contributed by atoms with van der Waals surface area (Å²) in [6, 6.07) is 0. The van der Waals surface area contributed by atoms with Gasteiger partial charge in [0, 0.05) is 13.8 Å². The lowest BCUT2D eigenvalue weighted by Crippen LogP contribution is -2.41. The van der Waals surface area contributed by atoms with E-state index in [0.717, 1.165) is 12.8 Å². The summed E-state index contributed by atoms with van der Waals surface area (Å²) >= 11 is 0. The van der Waals surface area contributed by atoms with Crippen LogP contribution in [0.3, 0.4) is 0 Å². The standard InChI is InChI=1S/C10H12O4/c1-10(2)13-8(11)7(9(12)14-10)5-6-3-4-6/h5-6H,3-4H2,1-2H3. The lowest BCUT2D eigenvalue weighted by atomic mass is 10.2. The van der Waals surface area contributed by atoms with Crippen LogP contribution in [0.2, 0.25) is 0 Å². The molecule has 0 atom stereocenters. The Hall–Kier alpha value is -1.32. The summed E-state index contributed by atoms with van der Waals surface area (Å²) in [5, 5.41) is 0. The predicted molar refractivity (Wildman–Crippen MR) is 47.1 cm³/mol. The molecule has 0 radical (unpaired) electrons. The van der Waals surface area contributed by atoms with Crippen LogP contribution < -0.4 is 0 Å². The van der Waals surface area contributed by atoms with Crippen LogP contribution in [0.4, 0.5) is 0 Å². The van der Waals surface area contributed by atoms with E-state index in [9.17, 15) is 9.59 Å². The maximum Gasteiger partial charge on any atom is 0.348 e. The Morgan fingerprint density at radius 2 is 1.71 bits per heavy atom. The SMILES string of the molecule is CC1(C)OC(=O)C(=CC2CC2)C(=O)O1. The van der Waals surface area contributed by atoms with Crippen LogP contribution in [0.15, 0.2) is 11.6 Å². The third-order valence-electron chi connectivity index (χ3n) is 2.14. The zero-order chi connectivity index (χ0) is 10.3. The molecule has 0 unspecified atom stereocenters. The molecule has 0 N–H and O–H groups in total. The van der Waals surface area contributed by atoms with Crippen molar-refractivity contribution in [1.82, 2.24) is 0 Å². The Morgan fingerprint density at radius 3 is 2.14 bits per heavy atom. The van der Waals surface area contributed by atoms with E-state index in [1.54, 1.807) is 6.08 Å². The van der Waals surface area contributed by atoms with Gasteiger partial charge in [-0.25, -0.2) is 9.59 Å². The summed E-state index contributed by atoms with van der Waals surface area (Å²) in [4.78, 5) is 22.8. The Bertz CT molecular complexity index is 301. The summed E-state index contributed by atoms with van der Waals surface area (Å²) in [6.45, 7) is 3.08. The highest BCUT2D eigenvalue weighted by Crippen LogP contribution is 2.33. The molecular weight excluding hydrogens is 184 g/mol. The van der Waals surface area contributed by atoms with Gasteiger partial charge in [0.1, 0.15) is 5.57 Å². The molecule has 1 saturated heterocycles. The van der Waals surface area contributed by atoms with Crippen LogP contribution in [0.1, 0.15) is 26.7 Å². The van der Waals surface area contributed by atoms with Gasteiger partial charge in [-0.05, 0) is 18.8 Å². The predicted octanol–water partition coefficient (Wildman–Crippen LogP) is 1.16. The molecule has 1 aliphatic carbocycles. The number of cyclic esters (lactones) is 2. The summed E-state index contributed by atoms with van der Waals surface area (Å²) < 4.78 is 9.87. The highest BCUT2D eigenvalue weighted by molar-refractivity contribution is 6.15. The molecule has 1 saturated carbocycles. The van der Waals surface area contributed by atoms with Crippen molar-refractivity contribution < 1.29 is 19.1 Å². The fourth-order valence-corrected chi connectivity index (χ4v) is 1.30. The van der Waals surface area contributed by atoms with Crippen molar-refractivity contribution in [3.63, 3.8) is 0 Å². The first-order valence-corrected chi connectivity index (χ1v) is 4.66. The molecule has 0 spiro atoms. The van der Waals surface area contributed by atoms with Gasteiger partial charge in [-0.3, -0.25) is 0 Å². The lowest BCUT2D eigenvalue weighted by molar-refractivity contribution is -0.222. The van der Waals surface area contributed by atoms with E-state index in [0.29, 0.717) is 5.92 Å². The molecule has 0 aromatic heterocycles. The average Bonchev–Trinajstić information content (AvgIpc) is 2.77. The van der Waals surface area contributed by atoms with E-state index >= 15 is 0 Å². The van der Waals surface area contributed by atoms with Crippen molar-refractivity contribution in [3.8, 4) is 0 Å². The third-order valence-corrected chi connectivity index (χ3v) is 2.14. The molecule has 1 heterocycles. The van der Waals surface area contributed by atoms with Crippen molar-refractivity contribution >= 4 is 11.9 Å². The average molecular weight is 196 g/mol. The van der Waals surface area contributed by atoms with Gasteiger partial charge < -0.3 is 9.47 Å². The van der Waals surface area contributed by atoms with Crippen LogP contribution >= 0.6 is 0 Å². The summed E-state index contributed by atoms with van der Waals surface area (Å²) in [5.74, 6) is -1.92. The molecule has 4 heteroatoms. The smallest absolute Gasteiger partial charge is 0.348 e. The Morgan fingerprint density at radius 1 is 1.21 bits per heavy atom. The third kappa shape index (κ3) is 1.78. The number of allylic oxidation sites excluding steroid dienone is 1. The maximum atomic E-state index is 11.4. The molecule has 2 rings (SSSR count). The fraction of sp³-hybridized carbons (Fsp3) is 0.600. The first-order valence-electron chi connectivity index (χ1n) is 4.66. The van der Waals surface area contributed by atoms with Crippen molar-refractivity contribution in [2.24, 2.45) is 5.92 Å². The Labute approximate surface area is 81.9 Å². The normalized spacial score (nSPS) is 25.4. The number of carbonyl (C=O) groups excluding carboxylic acids is 2. The Balaban J connectivity index is 2.19. The van der Waals surface area contributed by atoms with E-state index in [1.165, 1.54) is 13.8 Å². The molecule has 0 amide bonds. The molecule has 0 bridgehead atoms. The van der Waals surface area contributed by atoms with Gasteiger partial charge in [0.15, 0.2) is 0 Å². The van der Waals surface area contributed by atoms with Crippen LogP contribution in [0, 0.1) is 5.92 Å². The number of hydrogen-bond acceptors (Lipinski definition) is 4. The molecule has 2 aliphatic rings. The number of ether oxygens (including phenoxy) is 2. The van der Waals surface area contributed by atoms with E-state index in [1.807, 2.05) is 0 Å². The second kappa shape index (κ2) is 2.83. The summed E-state index contributed by atoms with van der Waals surface area (Å²) in [7, 11) is 0. The first kappa shape index (κ1) is 9.24. The van der Waals surface area contributed by atoms with Crippen molar-refractivity contribution in [2.45, 2.75) is 32.5 Å². The van der Waals surface area contributed by atoms with Crippen LogP contribution in [-0.4, -0.2) is 17.7 Å². The summed E-state index contributed by atoms with van der Waals surface area (Å²) in [6.07, 6.45) is 3.72. The first-order chi connectivity index (χ1) is 6.48. The lowest BCUT2D eigenvalue weighted by Gasteiger charge is -2.29. The molecule has 14 heavy (non-hydrogen) atoms. The van der Waals surface area contributed by atoms with Gasteiger partial charge in [0.05, 0.1) is 0 Å². The highest BCUT2D eigenvalue weighted by atomic mass is 16.7. The molecule has 4 nitrogen and oxygen atoms in total. The maximum absolute atomic E-state index is 11.4. The van der Waals surface area contributed by atoms with E-state index in [4.69, 9.17) is 9.47 Å². The minimum absolute atomic E-state index is 0.0480. The number of hydrogen-bond donors (Lipinski definition) is 0. The molecule has 76 valence electrons. The number of rotatable bonds is 1. The van der Waals surface area contributed by atoms with Crippen molar-refractivity contribution in [2.75, 3.05) is 0 Å². The topological polar surface area (TPSA) is 52.6 Å². The van der Waals surface area contributed by atoms with Crippen molar-refractivity contribution in [1.29, 1.82) is 0 Å². The fourth-order valence-electron chi connectivity index (χ4n) is 1.30. The van der Waals surface area contributed by atoms with Gasteiger partial charge in [0.25, 0.3) is 5.79 Å². The van der Waals surface area contributed by atoms with E-state index < -0.39 is 17.7 Å². The van der Waals surface area contributed by atoms with Gasteiger partial charge in [-0.2, -0.15) is 0 Å². The molecule has 0 aromatic rings. The van der Waals surface area contributed by atoms with Gasteiger partial charge in [-0.15, -0.1) is 0 Å².